The predicted molar refractivity (Wildman–Crippen MR) is 123 cm³/mol. The maximum Gasteiger partial charge on any atom is 0.0570 e. The van der Waals surface area contributed by atoms with Gasteiger partial charge in [0.15, 0.2) is 0 Å². The summed E-state index contributed by atoms with van der Waals surface area (Å²) >= 11 is 0. The number of hydrogen-bond donors (Lipinski definition) is 1. The van der Waals surface area contributed by atoms with Gasteiger partial charge in [0.2, 0.25) is 0 Å². The molecule has 0 bridgehead atoms. The smallest absolute Gasteiger partial charge is 0.0570 e. The van der Waals surface area contributed by atoms with E-state index in [0.717, 1.165) is 6.42 Å². The highest BCUT2D eigenvalue weighted by Crippen LogP contribution is 2.41. The molecular weight excluding hydrogens is 350 g/mol. The van der Waals surface area contributed by atoms with E-state index in [1.54, 1.807) is 0 Å². The highest BCUT2D eigenvalue weighted by Gasteiger charge is 2.33. The van der Waals surface area contributed by atoms with E-state index in [2.05, 4.69) is 120 Å². The lowest BCUT2D eigenvalue weighted by Crippen LogP contribution is -2.26. The van der Waals surface area contributed by atoms with Crippen LogP contribution in [0.25, 0.3) is 17.0 Å². The van der Waals surface area contributed by atoms with Crippen molar-refractivity contribution in [3.63, 3.8) is 0 Å². The molecule has 1 heteroatoms. The number of H-pyrrole nitrogens is 1. The van der Waals surface area contributed by atoms with Crippen LogP contribution in [-0.2, 0) is 5.41 Å². The Labute approximate surface area is 171 Å². The van der Waals surface area contributed by atoms with Crippen molar-refractivity contribution < 1.29 is 0 Å². The average Bonchev–Trinajstić information content (AvgIpc) is 3.24. The molecule has 1 nitrogen and oxygen atoms in total. The Morgan fingerprint density at radius 3 is 2.21 bits per heavy atom. The van der Waals surface area contributed by atoms with Gasteiger partial charge in [-0.25, -0.2) is 0 Å². The van der Waals surface area contributed by atoms with E-state index >= 15 is 0 Å². The van der Waals surface area contributed by atoms with Gasteiger partial charge in [-0.15, -0.1) is 0 Å². The van der Waals surface area contributed by atoms with Crippen molar-refractivity contribution in [1.29, 1.82) is 0 Å². The average molecular weight is 373 g/mol. The molecule has 0 fully saturated rings. The molecule has 4 aromatic rings. The zero-order valence-electron chi connectivity index (χ0n) is 16.3. The maximum absolute atomic E-state index is 3.68. The summed E-state index contributed by atoms with van der Waals surface area (Å²) in [4.78, 5) is 3.68. The fraction of sp³-hybridized carbons (Fsp3) is 0.0714. The van der Waals surface area contributed by atoms with Crippen molar-refractivity contribution in [2.75, 3.05) is 0 Å². The number of benzene rings is 3. The molecule has 3 aromatic carbocycles. The summed E-state index contributed by atoms with van der Waals surface area (Å²) in [6.07, 6.45) is 12.3. The van der Waals surface area contributed by atoms with Crippen LogP contribution in [0.1, 0.15) is 23.2 Å². The quantitative estimate of drug-likeness (QED) is 0.394. The molecular formula is C28H23N. The molecule has 1 N–H and O–H groups in total. The van der Waals surface area contributed by atoms with Gasteiger partial charge in [-0.1, -0.05) is 109 Å². The van der Waals surface area contributed by atoms with Crippen LogP contribution in [0, 0.1) is 0 Å². The number of rotatable bonds is 4. The van der Waals surface area contributed by atoms with Gasteiger partial charge >= 0.3 is 0 Å². The Morgan fingerprint density at radius 2 is 1.48 bits per heavy atom. The maximum atomic E-state index is 3.68. The molecule has 0 radical (unpaired) electrons. The molecule has 5 rings (SSSR count). The van der Waals surface area contributed by atoms with E-state index in [1.807, 2.05) is 6.07 Å². The van der Waals surface area contributed by atoms with Gasteiger partial charge in [-0.05, 0) is 40.6 Å². The molecule has 1 aliphatic carbocycles. The van der Waals surface area contributed by atoms with Crippen LogP contribution in [0.4, 0.5) is 0 Å². The lowest BCUT2D eigenvalue weighted by molar-refractivity contribution is 0.628. The summed E-state index contributed by atoms with van der Waals surface area (Å²) in [5.74, 6) is 0. The van der Waals surface area contributed by atoms with E-state index in [4.69, 9.17) is 0 Å². The topological polar surface area (TPSA) is 15.8 Å². The van der Waals surface area contributed by atoms with Crippen LogP contribution in [0.2, 0.25) is 0 Å². The summed E-state index contributed by atoms with van der Waals surface area (Å²) in [7, 11) is 0. The first-order chi connectivity index (χ1) is 14.3. The fourth-order valence-electron chi connectivity index (χ4n) is 4.15. The number of aromatic nitrogens is 1. The standard InChI is InChI=1S/C28H23N/c1-3-9-22(10-4-1)15-16-23-17-19-28(20-18-23,25-12-5-2-6-13-25)27-21-24-11-7-8-14-26(24)29-27/h1-19,21,29H,20H2. The molecule has 0 saturated carbocycles. The molecule has 140 valence electrons. The molecule has 1 aromatic heterocycles. The van der Waals surface area contributed by atoms with Gasteiger partial charge in [0.25, 0.3) is 0 Å². The third-order valence-corrected chi connectivity index (χ3v) is 5.79. The van der Waals surface area contributed by atoms with Crippen molar-refractivity contribution in [2.24, 2.45) is 0 Å². The van der Waals surface area contributed by atoms with Crippen molar-refractivity contribution in [2.45, 2.75) is 11.8 Å². The van der Waals surface area contributed by atoms with Crippen LogP contribution in [0.5, 0.6) is 0 Å². The summed E-state index contributed by atoms with van der Waals surface area (Å²) in [6, 6.07) is 32.0. The Balaban J connectivity index is 1.53. The highest BCUT2D eigenvalue weighted by atomic mass is 14.7. The number of nitrogens with one attached hydrogen (secondary N) is 1. The van der Waals surface area contributed by atoms with Crippen LogP contribution in [0.15, 0.2) is 121 Å². The van der Waals surface area contributed by atoms with Crippen molar-refractivity contribution >= 4 is 17.0 Å². The summed E-state index contributed by atoms with van der Waals surface area (Å²) < 4.78 is 0. The van der Waals surface area contributed by atoms with E-state index in [1.165, 1.54) is 33.3 Å². The summed E-state index contributed by atoms with van der Waals surface area (Å²) in [6.45, 7) is 0. The Kier molecular flexibility index (Phi) is 4.50. The van der Waals surface area contributed by atoms with E-state index in [-0.39, 0.29) is 5.41 Å². The summed E-state index contributed by atoms with van der Waals surface area (Å²) in [5.41, 5.74) is 6.03. The van der Waals surface area contributed by atoms with E-state index in [0.29, 0.717) is 0 Å². The number of hydrogen-bond acceptors (Lipinski definition) is 0. The monoisotopic (exact) mass is 373 g/mol. The van der Waals surface area contributed by atoms with Crippen LogP contribution < -0.4 is 0 Å². The number of para-hydroxylation sites is 1. The number of aromatic amines is 1. The number of allylic oxidation sites excluding steroid dienone is 5. The molecule has 0 amide bonds. The minimum absolute atomic E-state index is 0.176. The highest BCUT2D eigenvalue weighted by molar-refractivity contribution is 5.81. The zero-order chi connectivity index (χ0) is 19.5. The minimum atomic E-state index is -0.176. The second-order valence-corrected chi connectivity index (χ2v) is 7.59. The first-order valence-electron chi connectivity index (χ1n) is 10.1. The van der Waals surface area contributed by atoms with Gasteiger partial charge in [0.1, 0.15) is 0 Å². The van der Waals surface area contributed by atoms with Crippen molar-refractivity contribution in [3.8, 4) is 0 Å². The molecule has 1 heterocycles. The number of fused-ring (bicyclic) bond motifs is 1. The van der Waals surface area contributed by atoms with Gasteiger partial charge in [-0.2, -0.15) is 0 Å². The predicted octanol–water partition coefficient (Wildman–Crippen LogP) is 7.05. The van der Waals surface area contributed by atoms with E-state index < -0.39 is 0 Å². The molecule has 1 atom stereocenters. The first-order valence-corrected chi connectivity index (χ1v) is 10.1. The SMILES string of the molecule is C(=Cc1ccccc1)C1=CCC(c2ccccc2)(c2cc3ccccc3[nH]2)C=C1. The van der Waals surface area contributed by atoms with Gasteiger partial charge in [0.05, 0.1) is 5.41 Å². The lowest BCUT2D eigenvalue weighted by Gasteiger charge is -2.32. The van der Waals surface area contributed by atoms with Crippen LogP contribution in [-0.4, -0.2) is 4.98 Å². The third kappa shape index (κ3) is 3.36. The molecule has 0 spiro atoms. The summed E-state index contributed by atoms with van der Waals surface area (Å²) in [5, 5.41) is 1.25. The zero-order valence-corrected chi connectivity index (χ0v) is 16.3. The molecule has 1 aliphatic rings. The van der Waals surface area contributed by atoms with Gasteiger partial charge < -0.3 is 4.98 Å². The first kappa shape index (κ1) is 17.5. The van der Waals surface area contributed by atoms with E-state index in [9.17, 15) is 0 Å². The largest absolute Gasteiger partial charge is 0.357 e. The van der Waals surface area contributed by atoms with Crippen molar-refractivity contribution in [1.82, 2.24) is 4.98 Å². The third-order valence-electron chi connectivity index (χ3n) is 5.79. The van der Waals surface area contributed by atoms with Gasteiger partial charge in [-0.3, -0.25) is 0 Å². The van der Waals surface area contributed by atoms with Crippen LogP contribution in [0.3, 0.4) is 0 Å². The van der Waals surface area contributed by atoms with Gasteiger partial charge in [0, 0.05) is 11.2 Å². The molecule has 1 unspecified atom stereocenters. The second kappa shape index (κ2) is 7.44. The Hall–Kier alpha value is -3.58. The molecule has 29 heavy (non-hydrogen) atoms. The normalized spacial score (nSPS) is 19.0. The Morgan fingerprint density at radius 1 is 0.759 bits per heavy atom. The minimum Gasteiger partial charge on any atom is -0.357 e. The molecule has 0 saturated heterocycles. The van der Waals surface area contributed by atoms with Crippen LogP contribution >= 0.6 is 0 Å². The Bertz CT molecular complexity index is 1180. The van der Waals surface area contributed by atoms with Crippen molar-refractivity contribution in [3.05, 3.63) is 138 Å². The lowest BCUT2D eigenvalue weighted by atomic mass is 9.72. The second-order valence-electron chi connectivity index (χ2n) is 7.59. The fourth-order valence-corrected chi connectivity index (χ4v) is 4.15. The molecule has 0 aliphatic heterocycles.